The first-order valence-electron chi connectivity index (χ1n) is 12.0. The molecule has 5 nitrogen and oxygen atoms in total. The second kappa shape index (κ2) is 9.99. The summed E-state index contributed by atoms with van der Waals surface area (Å²) in [4.78, 5) is 11.3. The molecule has 194 valence electrons. The zero-order valence-electron chi connectivity index (χ0n) is 20.1. The standard InChI is InChI=1S/C28H22F5N5/c29-22-6-3-5-21(28(31,32)33)25(22)16-9-10-24-20(12-16)26(17-7-8-18(14-34)23(30)13-17)37-27(36-24)38-11-2-1-4-19(35)15-38/h3,5-10,12-13,19H,1-2,4,11,15,35H2/t19-/m0/s1. The molecule has 0 spiro atoms. The lowest BCUT2D eigenvalue weighted by atomic mass is 9.95. The van der Waals surface area contributed by atoms with Gasteiger partial charge in [0.15, 0.2) is 0 Å². The molecule has 1 aromatic heterocycles. The molecule has 4 aromatic rings. The molecule has 2 heterocycles. The number of hydrogen-bond donors (Lipinski definition) is 1. The highest BCUT2D eigenvalue weighted by Crippen LogP contribution is 2.40. The summed E-state index contributed by atoms with van der Waals surface area (Å²) in [6.07, 6.45) is -2.10. The molecule has 0 unspecified atom stereocenters. The number of hydrogen-bond acceptors (Lipinski definition) is 5. The minimum absolute atomic E-state index is 0.0218. The zero-order chi connectivity index (χ0) is 27.0. The fourth-order valence-corrected chi connectivity index (χ4v) is 4.80. The second-order valence-electron chi connectivity index (χ2n) is 9.27. The maximum absolute atomic E-state index is 14.8. The van der Waals surface area contributed by atoms with Gasteiger partial charge in [0.1, 0.15) is 17.7 Å². The Hall–Kier alpha value is -4.10. The molecule has 1 fully saturated rings. The fourth-order valence-electron chi connectivity index (χ4n) is 4.80. The molecular weight excluding hydrogens is 501 g/mol. The van der Waals surface area contributed by atoms with Gasteiger partial charge in [-0.15, -0.1) is 0 Å². The highest BCUT2D eigenvalue weighted by molar-refractivity contribution is 5.96. The van der Waals surface area contributed by atoms with E-state index in [4.69, 9.17) is 11.0 Å². The first kappa shape index (κ1) is 25.5. The van der Waals surface area contributed by atoms with Gasteiger partial charge in [0.25, 0.3) is 0 Å². The van der Waals surface area contributed by atoms with Gasteiger partial charge in [-0.3, -0.25) is 0 Å². The van der Waals surface area contributed by atoms with Crippen LogP contribution in [0.1, 0.15) is 30.4 Å². The minimum Gasteiger partial charge on any atom is -0.339 e. The first-order valence-corrected chi connectivity index (χ1v) is 12.0. The van der Waals surface area contributed by atoms with E-state index in [9.17, 15) is 22.0 Å². The van der Waals surface area contributed by atoms with Gasteiger partial charge < -0.3 is 10.6 Å². The highest BCUT2D eigenvalue weighted by Gasteiger charge is 2.35. The average molecular weight is 524 g/mol. The number of nitrogens with zero attached hydrogens (tertiary/aromatic N) is 4. The zero-order valence-corrected chi connectivity index (χ0v) is 20.1. The van der Waals surface area contributed by atoms with Crippen molar-refractivity contribution in [2.75, 3.05) is 18.0 Å². The van der Waals surface area contributed by atoms with Crippen molar-refractivity contribution < 1.29 is 22.0 Å². The molecule has 1 aliphatic rings. The van der Waals surface area contributed by atoms with E-state index in [2.05, 4.69) is 9.97 Å². The van der Waals surface area contributed by atoms with Crippen molar-refractivity contribution in [3.63, 3.8) is 0 Å². The molecule has 2 N–H and O–H groups in total. The fraction of sp³-hybridized carbons (Fsp3) is 0.250. The van der Waals surface area contributed by atoms with Crippen molar-refractivity contribution >= 4 is 16.9 Å². The summed E-state index contributed by atoms with van der Waals surface area (Å²) in [6, 6.07) is 12.7. The highest BCUT2D eigenvalue weighted by atomic mass is 19.4. The van der Waals surface area contributed by atoms with Crippen molar-refractivity contribution in [2.24, 2.45) is 5.73 Å². The monoisotopic (exact) mass is 523 g/mol. The lowest BCUT2D eigenvalue weighted by Crippen LogP contribution is -2.36. The van der Waals surface area contributed by atoms with Crippen molar-refractivity contribution in [1.82, 2.24) is 9.97 Å². The van der Waals surface area contributed by atoms with Crippen molar-refractivity contribution in [1.29, 1.82) is 5.26 Å². The van der Waals surface area contributed by atoms with Crippen LogP contribution in [0.5, 0.6) is 0 Å². The topological polar surface area (TPSA) is 78.8 Å². The second-order valence-corrected chi connectivity index (χ2v) is 9.27. The third-order valence-electron chi connectivity index (χ3n) is 6.65. The van der Waals surface area contributed by atoms with Crippen LogP contribution in [-0.4, -0.2) is 29.1 Å². The smallest absolute Gasteiger partial charge is 0.339 e. The third-order valence-corrected chi connectivity index (χ3v) is 6.65. The molecular formula is C28H22F5N5. The molecule has 0 aliphatic carbocycles. The Kier molecular flexibility index (Phi) is 6.71. The molecule has 0 bridgehead atoms. The van der Waals surface area contributed by atoms with E-state index in [1.165, 1.54) is 30.3 Å². The summed E-state index contributed by atoms with van der Waals surface area (Å²) in [6.45, 7) is 1.16. The number of benzene rings is 3. The van der Waals surface area contributed by atoms with Crippen molar-refractivity contribution in [3.05, 3.63) is 77.4 Å². The lowest BCUT2D eigenvalue weighted by molar-refractivity contribution is -0.137. The Labute approximate surface area is 215 Å². The first-order chi connectivity index (χ1) is 18.2. The Bertz CT molecular complexity index is 1560. The molecule has 10 heteroatoms. The molecule has 1 aliphatic heterocycles. The van der Waals surface area contributed by atoms with Gasteiger partial charge in [0.05, 0.1) is 22.3 Å². The largest absolute Gasteiger partial charge is 0.417 e. The SMILES string of the molecule is N#Cc1ccc(-c2nc(N3CCCC[C@H](N)C3)nc3ccc(-c4c(F)cccc4C(F)(F)F)cc23)cc1F. The van der Waals surface area contributed by atoms with Crippen LogP contribution in [-0.2, 0) is 6.18 Å². The van der Waals surface area contributed by atoms with E-state index in [1.54, 1.807) is 6.07 Å². The average Bonchev–Trinajstić information content (AvgIpc) is 3.11. The lowest BCUT2D eigenvalue weighted by Gasteiger charge is -2.24. The molecule has 38 heavy (non-hydrogen) atoms. The number of anilines is 1. The van der Waals surface area contributed by atoms with Gasteiger partial charge >= 0.3 is 6.18 Å². The summed E-state index contributed by atoms with van der Waals surface area (Å²) in [5.41, 5.74) is 5.27. The maximum atomic E-state index is 14.8. The van der Waals surface area contributed by atoms with Crippen LogP contribution in [0, 0.1) is 23.0 Å². The van der Waals surface area contributed by atoms with Crippen LogP contribution < -0.4 is 10.6 Å². The number of nitrogens with two attached hydrogens (primary N) is 1. The quantitative estimate of drug-likeness (QED) is 0.312. The molecule has 1 saturated heterocycles. The van der Waals surface area contributed by atoms with E-state index in [0.717, 1.165) is 43.5 Å². The summed E-state index contributed by atoms with van der Waals surface area (Å²) >= 11 is 0. The number of aromatic nitrogens is 2. The number of alkyl halides is 3. The summed E-state index contributed by atoms with van der Waals surface area (Å²) in [5, 5.41) is 9.45. The predicted octanol–water partition coefficient (Wildman–Crippen LogP) is 6.45. The molecule has 0 radical (unpaired) electrons. The summed E-state index contributed by atoms with van der Waals surface area (Å²) in [7, 11) is 0. The Morgan fingerprint density at radius 1 is 0.947 bits per heavy atom. The van der Waals surface area contributed by atoms with Gasteiger partial charge in [-0.1, -0.05) is 24.6 Å². The Balaban J connectivity index is 1.75. The Morgan fingerprint density at radius 2 is 1.74 bits per heavy atom. The normalized spacial score (nSPS) is 16.3. The van der Waals surface area contributed by atoms with Gasteiger partial charge in [-0.25, -0.2) is 18.7 Å². The van der Waals surface area contributed by atoms with E-state index < -0.39 is 28.9 Å². The molecule has 3 aromatic carbocycles. The van der Waals surface area contributed by atoms with Crippen molar-refractivity contribution in [3.8, 4) is 28.5 Å². The summed E-state index contributed by atoms with van der Waals surface area (Å²) < 4.78 is 70.6. The number of nitriles is 1. The van der Waals surface area contributed by atoms with Crippen LogP contribution in [0.15, 0.2) is 54.6 Å². The molecule has 1 atom stereocenters. The van der Waals surface area contributed by atoms with Gasteiger partial charge in [0, 0.05) is 35.6 Å². The summed E-state index contributed by atoms with van der Waals surface area (Å²) in [5.74, 6) is -1.44. The third kappa shape index (κ3) is 4.89. The van der Waals surface area contributed by atoms with Gasteiger partial charge in [-0.2, -0.15) is 18.4 Å². The van der Waals surface area contributed by atoms with Gasteiger partial charge in [0.2, 0.25) is 5.95 Å². The van der Waals surface area contributed by atoms with E-state index in [1.807, 2.05) is 4.90 Å². The molecule has 0 amide bonds. The van der Waals surface area contributed by atoms with Crippen molar-refractivity contribution in [2.45, 2.75) is 31.5 Å². The molecule has 0 saturated carbocycles. The number of fused-ring (bicyclic) bond motifs is 1. The minimum atomic E-state index is -4.78. The number of rotatable bonds is 3. The van der Waals surface area contributed by atoms with E-state index in [-0.39, 0.29) is 22.9 Å². The van der Waals surface area contributed by atoms with Crippen LogP contribution >= 0.6 is 0 Å². The van der Waals surface area contributed by atoms with E-state index in [0.29, 0.717) is 35.5 Å². The van der Waals surface area contributed by atoms with Crippen LogP contribution in [0.3, 0.4) is 0 Å². The van der Waals surface area contributed by atoms with Crippen LogP contribution in [0.25, 0.3) is 33.3 Å². The van der Waals surface area contributed by atoms with Crippen LogP contribution in [0.4, 0.5) is 27.9 Å². The van der Waals surface area contributed by atoms with E-state index >= 15 is 0 Å². The maximum Gasteiger partial charge on any atom is 0.417 e. The predicted molar refractivity (Wildman–Crippen MR) is 134 cm³/mol. The van der Waals surface area contributed by atoms with Crippen LogP contribution in [0.2, 0.25) is 0 Å². The number of halogens is 5. The Morgan fingerprint density at radius 3 is 2.47 bits per heavy atom. The molecule has 5 rings (SSSR count). The van der Waals surface area contributed by atoms with Gasteiger partial charge in [-0.05, 0) is 54.8 Å².